The topological polar surface area (TPSA) is 35.5 Å². The highest BCUT2D eigenvalue weighted by Crippen LogP contribution is 2.09. The van der Waals surface area contributed by atoms with E-state index < -0.39 is 6.16 Å². The Morgan fingerprint density at radius 2 is 1.14 bits per heavy atom. The Morgan fingerprint density at radius 3 is 1.50 bits per heavy atom. The Bertz CT molecular complexity index is 280. The highest BCUT2D eigenvalue weighted by atomic mass is 16.7. The fraction of sp³-hybridized carbons (Fsp3) is 0.182. The molecular weight excluding hydrogens is 180 g/mol. The minimum Gasteiger partial charge on any atom is -0.422 e. The normalized spacial score (nSPS) is 19.4. The van der Waals surface area contributed by atoms with Crippen molar-refractivity contribution < 1.29 is 14.3 Å². The molecule has 0 bridgehead atoms. The molecule has 0 fully saturated rings. The molecule has 0 N–H and O–H groups in total. The second kappa shape index (κ2) is 3.96. The molecule has 2 aliphatic carbocycles. The summed E-state index contributed by atoms with van der Waals surface area (Å²) in [5, 5.41) is 0. The predicted octanol–water partition coefficient (Wildman–Crippen LogP) is 2.13. The first kappa shape index (κ1) is 8.81. The van der Waals surface area contributed by atoms with E-state index in [1.54, 1.807) is 24.3 Å². The third-order valence-corrected chi connectivity index (χ3v) is 1.89. The lowest BCUT2D eigenvalue weighted by atomic mass is 10.4. The van der Waals surface area contributed by atoms with Gasteiger partial charge in [0.2, 0.25) is 0 Å². The maximum atomic E-state index is 11.2. The van der Waals surface area contributed by atoms with Crippen molar-refractivity contribution in [2.45, 2.75) is 12.2 Å². The molecule has 0 aromatic carbocycles. The molecule has 2 aliphatic rings. The predicted molar refractivity (Wildman–Crippen MR) is 51.7 cm³/mol. The Labute approximate surface area is 82.0 Å². The van der Waals surface area contributed by atoms with Gasteiger partial charge in [-0.05, 0) is 24.3 Å². The van der Waals surface area contributed by atoms with E-state index >= 15 is 0 Å². The van der Waals surface area contributed by atoms with Crippen molar-refractivity contribution in [3.63, 3.8) is 0 Å². The second-order valence-electron chi connectivity index (χ2n) is 2.95. The highest BCUT2D eigenvalue weighted by molar-refractivity contribution is 5.62. The van der Waals surface area contributed by atoms with Crippen LogP contribution in [-0.4, -0.2) is 18.4 Å². The van der Waals surface area contributed by atoms with Crippen LogP contribution in [0.2, 0.25) is 0 Å². The van der Waals surface area contributed by atoms with E-state index in [4.69, 9.17) is 9.47 Å². The van der Waals surface area contributed by atoms with Crippen LogP contribution in [0.15, 0.2) is 48.6 Å². The van der Waals surface area contributed by atoms with Crippen LogP contribution in [0.25, 0.3) is 0 Å². The first-order valence-corrected chi connectivity index (χ1v) is 4.42. The van der Waals surface area contributed by atoms with Crippen LogP contribution in [0.4, 0.5) is 4.79 Å². The molecule has 2 rings (SSSR count). The van der Waals surface area contributed by atoms with Gasteiger partial charge in [0.1, 0.15) is 12.2 Å². The van der Waals surface area contributed by atoms with E-state index in [1.807, 2.05) is 24.3 Å². The van der Waals surface area contributed by atoms with Gasteiger partial charge in [-0.3, -0.25) is 0 Å². The molecule has 0 spiro atoms. The van der Waals surface area contributed by atoms with Crippen molar-refractivity contribution in [1.29, 1.82) is 0 Å². The van der Waals surface area contributed by atoms with Crippen LogP contribution in [0.5, 0.6) is 0 Å². The number of hydrogen-bond donors (Lipinski definition) is 0. The van der Waals surface area contributed by atoms with E-state index in [0.29, 0.717) is 0 Å². The van der Waals surface area contributed by atoms with Gasteiger partial charge in [-0.15, -0.1) is 0 Å². The first-order valence-electron chi connectivity index (χ1n) is 4.42. The van der Waals surface area contributed by atoms with Crippen LogP contribution in [0.3, 0.4) is 0 Å². The summed E-state index contributed by atoms with van der Waals surface area (Å²) in [6.45, 7) is 0. The summed E-state index contributed by atoms with van der Waals surface area (Å²) >= 11 is 0. The summed E-state index contributed by atoms with van der Waals surface area (Å²) < 4.78 is 9.94. The van der Waals surface area contributed by atoms with Gasteiger partial charge in [0.25, 0.3) is 0 Å². The maximum absolute atomic E-state index is 11.2. The summed E-state index contributed by atoms with van der Waals surface area (Å²) in [7, 11) is 0. The third kappa shape index (κ3) is 2.13. The lowest BCUT2D eigenvalue weighted by molar-refractivity contribution is 0.0425. The summed E-state index contributed by atoms with van der Waals surface area (Å²) in [5.41, 5.74) is 0. The Morgan fingerprint density at radius 1 is 0.786 bits per heavy atom. The molecule has 14 heavy (non-hydrogen) atoms. The van der Waals surface area contributed by atoms with E-state index in [2.05, 4.69) is 0 Å². The molecule has 0 amide bonds. The van der Waals surface area contributed by atoms with Gasteiger partial charge in [-0.2, -0.15) is 0 Å². The molecule has 3 nitrogen and oxygen atoms in total. The average Bonchev–Trinajstić information content (AvgIpc) is 2.76. The Kier molecular flexibility index (Phi) is 2.49. The van der Waals surface area contributed by atoms with Crippen LogP contribution < -0.4 is 0 Å². The average molecular weight is 190 g/mol. The second-order valence-corrected chi connectivity index (χ2v) is 2.95. The van der Waals surface area contributed by atoms with Gasteiger partial charge in [0.15, 0.2) is 0 Å². The van der Waals surface area contributed by atoms with Crippen LogP contribution in [0, 0.1) is 0 Å². The van der Waals surface area contributed by atoms with E-state index in [0.717, 1.165) is 0 Å². The van der Waals surface area contributed by atoms with Crippen LogP contribution >= 0.6 is 0 Å². The Balaban J connectivity index is 1.78. The summed E-state index contributed by atoms with van der Waals surface area (Å²) in [6.07, 6.45) is 13.2. The molecule has 0 atom stereocenters. The van der Waals surface area contributed by atoms with Gasteiger partial charge >= 0.3 is 6.16 Å². The zero-order valence-corrected chi connectivity index (χ0v) is 7.50. The van der Waals surface area contributed by atoms with Gasteiger partial charge < -0.3 is 9.47 Å². The van der Waals surface area contributed by atoms with Crippen LogP contribution in [0.1, 0.15) is 0 Å². The molecule has 0 saturated heterocycles. The Hall–Kier alpha value is -1.77. The lowest BCUT2D eigenvalue weighted by Crippen LogP contribution is -2.18. The summed E-state index contributed by atoms with van der Waals surface area (Å²) in [5.74, 6) is 0. The smallest absolute Gasteiger partial charge is 0.422 e. The minimum absolute atomic E-state index is 0.281. The number of ether oxygens (including phenoxy) is 2. The molecule has 72 valence electrons. The van der Waals surface area contributed by atoms with Gasteiger partial charge in [0, 0.05) is 0 Å². The van der Waals surface area contributed by atoms with Crippen LogP contribution in [-0.2, 0) is 9.47 Å². The van der Waals surface area contributed by atoms with Crippen molar-refractivity contribution in [2.75, 3.05) is 0 Å². The summed E-state index contributed by atoms with van der Waals surface area (Å²) in [4.78, 5) is 11.2. The molecule has 0 radical (unpaired) electrons. The highest BCUT2D eigenvalue weighted by Gasteiger charge is 2.15. The van der Waals surface area contributed by atoms with Crippen molar-refractivity contribution >= 4 is 6.16 Å². The van der Waals surface area contributed by atoms with E-state index in [9.17, 15) is 4.79 Å². The molecular formula is C11H10O3. The first-order chi connectivity index (χ1) is 6.84. The molecule has 0 unspecified atom stereocenters. The molecule has 0 aromatic heterocycles. The standard InChI is InChI=1S/C11H10O3/c12-11(13-9-5-1-2-6-9)14-10-7-3-4-8-10/h1-10H. The van der Waals surface area contributed by atoms with Crippen molar-refractivity contribution in [2.24, 2.45) is 0 Å². The van der Waals surface area contributed by atoms with Crippen molar-refractivity contribution in [1.82, 2.24) is 0 Å². The number of carbonyl (C=O) groups excluding carboxylic acids is 1. The lowest BCUT2D eigenvalue weighted by Gasteiger charge is -2.11. The fourth-order valence-corrected chi connectivity index (χ4v) is 1.23. The molecule has 0 saturated carbocycles. The maximum Gasteiger partial charge on any atom is 0.510 e. The number of hydrogen-bond acceptors (Lipinski definition) is 3. The van der Waals surface area contributed by atoms with Crippen molar-refractivity contribution in [3.05, 3.63) is 48.6 Å². The number of rotatable bonds is 2. The SMILES string of the molecule is O=C(OC1C=CC=C1)OC1C=CC=C1. The van der Waals surface area contributed by atoms with E-state index in [-0.39, 0.29) is 12.2 Å². The van der Waals surface area contributed by atoms with Gasteiger partial charge in [0.05, 0.1) is 0 Å². The third-order valence-electron chi connectivity index (χ3n) is 1.89. The zero-order chi connectivity index (χ0) is 9.80. The van der Waals surface area contributed by atoms with E-state index in [1.165, 1.54) is 0 Å². The molecule has 0 heterocycles. The number of carbonyl (C=O) groups is 1. The largest absolute Gasteiger partial charge is 0.510 e. The molecule has 0 aliphatic heterocycles. The molecule has 3 heteroatoms. The molecule has 0 aromatic rings. The monoisotopic (exact) mass is 190 g/mol. The van der Waals surface area contributed by atoms with Gasteiger partial charge in [-0.1, -0.05) is 24.3 Å². The van der Waals surface area contributed by atoms with Crippen molar-refractivity contribution in [3.8, 4) is 0 Å². The van der Waals surface area contributed by atoms with Gasteiger partial charge in [-0.25, -0.2) is 4.79 Å². The fourth-order valence-electron chi connectivity index (χ4n) is 1.23. The zero-order valence-electron chi connectivity index (χ0n) is 7.50. The quantitative estimate of drug-likeness (QED) is 0.626. The summed E-state index contributed by atoms with van der Waals surface area (Å²) in [6, 6.07) is 0. The number of allylic oxidation sites excluding steroid dienone is 4. The minimum atomic E-state index is -0.646.